The largest absolute Gasteiger partial charge is 0.481 e. The first-order valence-electron chi connectivity index (χ1n) is 8.02. The summed E-state index contributed by atoms with van der Waals surface area (Å²) in [5.41, 5.74) is 0. The van der Waals surface area contributed by atoms with Crippen LogP contribution in [-0.2, 0) is 9.59 Å². The third-order valence-electron chi connectivity index (χ3n) is 3.90. The van der Waals surface area contributed by atoms with Crippen LogP contribution in [0.25, 0.3) is 0 Å². The van der Waals surface area contributed by atoms with E-state index in [0.29, 0.717) is 19.4 Å². The molecule has 7 heteroatoms. The number of carboxylic acid groups (broad SMARTS) is 1. The molecular formula is C16H24N4O3. The number of carbonyl (C=O) groups is 2. The van der Waals surface area contributed by atoms with Crippen LogP contribution in [0.15, 0.2) is 24.4 Å². The second-order valence-corrected chi connectivity index (χ2v) is 5.61. The average molecular weight is 320 g/mol. The molecule has 0 atom stereocenters. The molecule has 7 nitrogen and oxygen atoms in total. The van der Waals surface area contributed by atoms with Crippen molar-refractivity contribution < 1.29 is 14.7 Å². The molecule has 0 bridgehead atoms. The molecule has 126 valence electrons. The van der Waals surface area contributed by atoms with Crippen LogP contribution in [0.5, 0.6) is 0 Å². The van der Waals surface area contributed by atoms with E-state index in [1.807, 2.05) is 23.1 Å². The fraction of sp³-hybridized carbons (Fsp3) is 0.562. The van der Waals surface area contributed by atoms with Gasteiger partial charge in [-0.15, -0.1) is 0 Å². The van der Waals surface area contributed by atoms with Crippen LogP contribution in [0.4, 0.5) is 5.82 Å². The van der Waals surface area contributed by atoms with Crippen LogP contribution >= 0.6 is 0 Å². The van der Waals surface area contributed by atoms with Crippen molar-refractivity contribution in [3.05, 3.63) is 24.4 Å². The predicted octanol–water partition coefficient (Wildman–Crippen LogP) is 0.893. The van der Waals surface area contributed by atoms with Crippen LogP contribution < -0.4 is 5.32 Å². The molecular weight excluding hydrogens is 296 g/mol. The molecule has 2 N–H and O–H groups in total. The van der Waals surface area contributed by atoms with Gasteiger partial charge in [-0.2, -0.15) is 0 Å². The smallest absolute Gasteiger partial charge is 0.303 e. The van der Waals surface area contributed by atoms with Gasteiger partial charge in [-0.05, 0) is 25.1 Å². The summed E-state index contributed by atoms with van der Waals surface area (Å²) in [6.45, 7) is 4.44. The maximum Gasteiger partial charge on any atom is 0.303 e. The first-order chi connectivity index (χ1) is 11.1. The van der Waals surface area contributed by atoms with Gasteiger partial charge in [-0.3, -0.25) is 14.5 Å². The zero-order chi connectivity index (χ0) is 16.5. The first-order valence-corrected chi connectivity index (χ1v) is 8.02. The summed E-state index contributed by atoms with van der Waals surface area (Å²) in [6, 6.07) is 5.63. The van der Waals surface area contributed by atoms with Gasteiger partial charge in [0.05, 0.1) is 0 Å². The van der Waals surface area contributed by atoms with E-state index in [0.717, 1.165) is 38.5 Å². The normalized spacial score (nSPS) is 15.4. The molecule has 1 aliphatic rings. The fourth-order valence-corrected chi connectivity index (χ4v) is 2.60. The Morgan fingerprint density at radius 1 is 1.17 bits per heavy atom. The maximum atomic E-state index is 12.2. The van der Waals surface area contributed by atoms with Crippen LogP contribution in [0.2, 0.25) is 0 Å². The van der Waals surface area contributed by atoms with E-state index in [1.54, 1.807) is 6.20 Å². The Morgan fingerprint density at radius 2 is 1.96 bits per heavy atom. The topological polar surface area (TPSA) is 85.8 Å². The number of pyridine rings is 1. The Labute approximate surface area is 136 Å². The number of carbonyl (C=O) groups excluding carboxylic acids is 1. The monoisotopic (exact) mass is 320 g/mol. The van der Waals surface area contributed by atoms with Gasteiger partial charge in [0.25, 0.3) is 0 Å². The molecule has 0 radical (unpaired) electrons. The molecule has 0 spiro atoms. The van der Waals surface area contributed by atoms with Crippen molar-refractivity contribution in [1.29, 1.82) is 0 Å². The summed E-state index contributed by atoms with van der Waals surface area (Å²) in [6.07, 6.45) is 3.04. The summed E-state index contributed by atoms with van der Waals surface area (Å²) in [4.78, 5) is 30.9. The van der Waals surface area contributed by atoms with Gasteiger partial charge in [-0.25, -0.2) is 4.98 Å². The number of piperazine rings is 1. The van der Waals surface area contributed by atoms with Gasteiger partial charge in [0, 0.05) is 51.8 Å². The second kappa shape index (κ2) is 9.09. The zero-order valence-corrected chi connectivity index (χ0v) is 13.3. The number of aliphatic carboxylic acids is 1. The summed E-state index contributed by atoms with van der Waals surface area (Å²) in [5.74, 6) is 0.182. The quantitative estimate of drug-likeness (QED) is 0.740. The maximum absolute atomic E-state index is 12.2. The second-order valence-electron chi connectivity index (χ2n) is 5.61. The number of hydrogen-bond acceptors (Lipinski definition) is 5. The van der Waals surface area contributed by atoms with Gasteiger partial charge < -0.3 is 15.3 Å². The minimum absolute atomic E-state index is 0.151. The lowest BCUT2D eigenvalue weighted by Gasteiger charge is -2.34. The fourth-order valence-electron chi connectivity index (χ4n) is 2.60. The predicted molar refractivity (Wildman–Crippen MR) is 87.2 cm³/mol. The SMILES string of the molecule is O=C(O)CCCN1CCN(C(=O)CCNc2ccccn2)CC1. The first kappa shape index (κ1) is 17.2. The standard InChI is InChI=1S/C16H24N4O3/c21-15(6-8-18-14-4-1-2-7-17-14)20-12-10-19(11-13-20)9-3-5-16(22)23/h1-2,4,7H,3,5-6,8-13H2,(H,17,18)(H,22,23). The van der Waals surface area contributed by atoms with Crippen molar-refractivity contribution in [2.45, 2.75) is 19.3 Å². The van der Waals surface area contributed by atoms with Crippen molar-refractivity contribution in [2.75, 3.05) is 44.6 Å². The molecule has 1 aliphatic heterocycles. The van der Waals surface area contributed by atoms with E-state index >= 15 is 0 Å². The van der Waals surface area contributed by atoms with Crippen LogP contribution in [0.3, 0.4) is 0 Å². The molecule has 2 heterocycles. The van der Waals surface area contributed by atoms with Crippen molar-refractivity contribution in [3.63, 3.8) is 0 Å². The number of rotatable bonds is 8. The number of nitrogens with zero attached hydrogens (tertiary/aromatic N) is 3. The minimum Gasteiger partial charge on any atom is -0.481 e. The zero-order valence-electron chi connectivity index (χ0n) is 13.3. The Balaban J connectivity index is 1.60. The molecule has 0 unspecified atom stereocenters. The summed E-state index contributed by atoms with van der Waals surface area (Å²) in [5, 5.41) is 11.8. The summed E-state index contributed by atoms with van der Waals surface area (Å²) in [7, 11) is 0. The third kappa shape index (κ3) is 6.23. The number of aromatic nitrogens is 1. The lowest BCUT2D eigenvalue weighted by atomic mass is 10.2. The van der Waals surface area contributed by atoms with Gasteiger partial charge in [0.2, 0.25) is 5.91 Å². The highest BCUT2D eigenvalue weighted by atomic mass is 16.4. The number of nitrogens with one attached hydrogen (secondary N) is 1. The van der Waals surface area contributed by atoms with E-state index in [4.69, 9.17) is 5.11 Å². The van der Waals surface area contributed by atoms with E-state index in [2.05, 4.69) is 15.2 Å². The number of hydrogen-bond donors (Lipinski definition) is 2. The van der Waals surface area contributed by atoms with Crippen LogP contribution in [0, 0.1) is 0 Å². The number of amides is 1. The van der Waals surface area contributed by atoms with E-state index in [-0.39, 0.29) is 12.3 Å². The van der Waals surface area contributed by atoms with E-state index in [1.165, 1.54) is 0 Å². The molecule has 23 heavy (non-hydrogen) atoms. The summed E-state index contributed by atoms with van der Waals surface area (Å²) >= 11 is 0. The highest BCUT2D eigenvalue weighted by Crippen LogP contribution is 2.06. The van der Waals surface area contributed by atoms with Gasteiger partial charge in [0.15, 0.2) is 0 Å². The molecule has 0 aromatic carbocycles. The van der Waals surface area contributed by atoms with Crippen molar-refractivity contribution in [1.82, 2.24) is 14.8 Å². The lowest BCUT2D eigenvalue weighted by Crippen LogP contribution is -2.49. The summed E-state index contributed by atoms with van der Waals surface area (Å²) < 4.78 is 0. The van der Waals surface area contributed by atoms with Crippen molar-refractivity contribution in [3.8, 4) is 0 Å². The molecule has 0 saturated carbocycles. The van der Waals surface area contributed by atoms with Crippen molar-refractivity contribution in [2.24, 2.45) is 0 Å². The van der Waals surface area contributed by atoms with Gasteiger partial charge >= 0.3 is 5.97 Å². The molecule has 0 aliphatic carbocycles. The number of carboxylic acids is 1. The van der Waals surface area contributed by atoms with E-state index in [9.17, 15) is 9.59 Å². The third-order valence-corrected chi connectivity index (χ3v) is 3.90. The molecule has 1 fully saturated rings. The number of anilines is 1. The molecule has 1 aromatic rings. The lowest BCUT2D eigenvalue weighted by molar-refractivity contribution is -0.137. The van der Waals surface area contributed by atoms with Crippen LogP contribution in [0.1, 0.15) is 19.3 Å². The Hall–Kier alpha value is -2.15. The highest BCUT2D eigenvalue weighted by Gasteiger charge is 2.20. The van der Waals surface area contributed by atoms with Crippen molar-refractivity contribution >= 4 is 17.7 Å². The Kier molecular flexibility index (Phi) is 6.80. The van der Waals surface area contributed by atoms with Gasteiger partial charge in [-0.1, -0.05) is 6.07 Å². The Morgan fingerprint density at radius 3 is 2.61 bits per heavy atom. The average Bonchev–Trinajstić information content (AvgIpc) is 2.56. The molecule has 2 rings (SSSR count). The minimum atomic E-state index is -0.751. The van der Waals surface area contributed by atoms with E-state index < -0.39 is 5.97 Å². The Bertz CT molecular complexity index is 501. The van der Waals surface area contributed by atoms with Gasteiger partial charge in [0.1, 0.15) is 5.82 Å². The molecule has 1 saturated heterocycles. The molecule has 1 amide bonds. The highest BCUT2D eigenvalue weighted by molar-refractivity contribution is 5.76. The van der Waals surface area contributed by atoms with Crippen LogP contribution in [-0.4, -0.2) is 71.0 Å². The molecule has 1 aromatic heterocycles.